The molecule has 15 heteroatoms. The average Bonchev–Trinajstić information content (AvgIpc) is 3.95. The number of nitrogens with zero attached hydrogens (tertiary/aromatic N) is 2. The lowest BCUT2D eigenvalue weighted by Gasteiger charge is -2.36. The van der Waals surface area contributed by atoms with Crippen LogP contribution in [0.1, 0.15) is 67.7 Å². The van der Waals surface area contributed by atoms with E-state index in [1.807, 2.05) is 36.4 Å². The van der Waals surface area contributed by atoms with Crippen molar-refractivity contribution in [1.29, 1.82) is 0 Å². The fourth-order valence-corrected chi connectivity index (χ4v) is 5.80. The molecule has 0 spiro atoms. The molecule has 1 aromatic carbocycles. The Bertz CT molecular complexity index is 1470. The van der Waals surface area contributed by atoms with Gasteiger partial charge in [0.15, 0.2) is 5.65 Å². The zero-order valence-corrected chi connectivity index (χ0v) is 24.1. The van der Waals surface area contributed by atoms with Crippen LogP contribution in [0.3, 0.4) is 0 Å². The molecule has 3 heterocycles. The number of aliphatic hydroxyl groups is 1. The number of alkyl carbamates (subject to hydrolysis) is 1. The molecule has 6 rings (SSSR count). The van der Waals surface area contributed by atoms with Gasteiger partial charge < -0.3 is 30.6 Å². The minimum absolute atomic E-state index is 0.00654. The van der Waals surface area contributed by atoms with Crippen molar-refractivity contribution in [2.45, 2.75) is 75.4 Å². The number of alkyl halides is 5. The number of fused-ring (bicyclic) bond motifs is 1. The van der Waals surface area contributed by atoms with Crippen molar-refractivity contribution < 1.29 is 46.5 Å². The second kappa shape index (κ2) is 13.3. The highest BCUT2D eigenvalue weighted by atomic mass is 19.4. The van der Waals surface area contributed by atoms with E-state index in [2.05, 4.69) is 20.6 Å². The number of imidazole rings is 1. The van der Waals surface area contributed by atoms with Gasteiger partial charge in [0.05, 0.1) is 23.3 Å². The monoisotopic (exact) mass is 639 g/mol. The molecule has 2 aromatic heterocycles. The summed E-state index contributed by atoms with van der Waals surface area (Å²) in [6, 6.07) is 12.3. The number of pyridine rings is 1. The number of piperidine rings is 1. The fraction of sp³-hybridized carbons (Fsp3) is 0.533. The van der Waals surface area contributed by atoms with Crippen molar-refractivity contribution >= 4 is 23.2 Å². The quantitative estimate of drug-likeness (QED) is 0.195. The minimum atomic E-state index is -5.08. The number of nitrogens with one attached hydrogen (secondary N) is 3. The summed E-state index contributed by atoms with van der Waals surface area (Å²) in [4.78, 5) is 34.6. The number of H-pyrrole nitrogens is 1. The van der Waals surface area contributed by atoms with Crippen LogP contribution in [-0.2, 0) is 16.1 Å². The standard InChI is InChI=1S/C28H33F2N5O3.C2HF3O2/c29-26(30)28(37)12-13-31-21(14-28)19-10-11-20-24(32-19)35-25(33-20)23(22(17-6-7-17)18-8-9-18)34-27(36)38-15-16-4-2-1-3-5-16;3-2(4,5)1(6)7/h1-5,10-11,17-18,21-23,26,31,37H,6-9,12-15H2,(H,34,36)(H,32,33,35);(H,6,7)/t21-,23?,28+;/m0./s1. The second-order valence-corrected chi connectivity index (χ2v) is 11.8. The van der Waals surface area contributed by atoms with Gasteiger partial charge in [-0.1, -0.05) is 30.3 Å². The Morgan fingerprint density at radius 1 is 1.04 bits per heavy atom. The fourth-order valence-electron chi connectivity index (χ4n) is 5.80. The van der Waals surface area contributed by atoms with E-state index in [-0.39, 0.29) is 38.0 Å². The summed E-state index contributed by atoms with van der Waals surface area (Å²) in [5.74, 6) is -0.784. The van der Waals surface area contributed by atoms with Crippen molar-refractivity contribution in [2.24, 2.45) is 17.8 Å². The zero-order chi connectivity index (χ0) is 32.4. The van der Waals surface area contributed by atoms with Crippen LogP contribution in [0.5, 0.6) is 0 Å². The predicted molar refractivity (Wildman–Crippen MR) is 150 cm³/mol. The SMILES string of the molecule is O=C(NC(c1nc2nc([C@@H]3C[C@@](O)(C(F)F)CCN3)ccc2[nH]1)C(C1CC1)C1CC1)OCc1ccccc1.O=C(O)C(F)(F)F. The van der Waals surface area contributed by atoms with Gasteiger partial charge in [-0.25, -0.2) is 28.3 Å². The molecule has 1 saturated heterocycles. The first-order chi connectivity index (χ1) is 21.3. The normalized spacial score (nSPS) is 22.5. The number of halogens is 5. The molecule has 3 aliphatic rings. The lowest BCUT2D eigenvalue weighted by atomic mass is 9.86. The number of aromatic amines is 1. The number of carbonyl (C=O) groups excluding carboxylic acids is 1. The van der Waals surface area contributed by atoms with E-state index >= 15 is 0 Å². The first-order valence-electron chi connectivity index (χ1n) is 14.7. The van der Waals surface area contributed by atoms with E-state index in [9.17, 15) is 31.9 Å². The predicted octanol–water partition coefficient (Wildman–Crippen LogP) is 5.42. The molecule has 1 unspecified atom stereocenters. The summed E-state index contributed by atoms with van der Waals surface area (Å²) in [6.07, 6.45) is -3.96. The van der Waals surface area contributed by atoms with E-state index in [0.29, 0.717) is 34.5 Å². The van der Waals surface area contributed by atoms with Crippen LogP contribution in [-0.4, -0.2) is 62.0 Å². The maximum Gasteiger partial charge on any atom is 0.490 e. The molecule has 2 saturated carbocycles. The van der Waals surface area contributed by atoms with E-state index in [1.54, 1.807) is 6.07 Å². The third-order valence-electron chi connectivity index (χ3n) is 8.40. The van der Waals surface area contributed by atoms with Crippen LogP contribution in [0, 0.1) is 17.8 Å². The van der Waals surface area contributed by atoms with Gasteiger partial charge >= 0.3 is 18.2 Å². The molecule has 2 aliphatic carbocycles. The lowest BCUT2D eigenvalue weighted by molar-refractivity contribution is -0.192. The number of hydrogen-bond donors (Lipinski definition) is 5. The molecule has 0 bridgehead atoms. The molecular weight excluding hydrogens is 605 g/mol. The summed E-state index contributed by atoms with van der Waals surface area (Å²) < 4.78 is 64.2. The smallest absolute Gasteiger partial charge is 0.475 e. The molecule has 10 nitrogen and oxygen atoms in total. The molecule has 45 heavy (non-hydrogen) atoms. The van der Waals surface area contributed by atoms with Crippen LogP contribution in [0.2, 0.25) is 0 Å². The number of carbonyl (C=O) groups is 2. The highest BCUT2D eigenvalue weighted by Gasteiger charge is 2.48. The number of amides is 1. The van der Waals surface area contributed by atoms with Gasteiger partial charge in [-0.2, -0.15) is 13.2 Å². The maximum absolute atomic E-state index is 13.5. The van der Waals surface area contributed by atoms with E-state index in [0.717, 1.165) is 31.2 Å². The van der Waals surface area contributed by atoms with E-state index in [4.69, 9.17) is 19.6 Å². The lowest BCUT2D eigenvalue weighted by Crippen LogP contribution is -2.48. The Labute approximate surface area is 254 Å². The summed E-state index contributed by atoms with van der Waals surface area (Å²) in [7, 11) is 0. The van der Waals surface area contributed by atoms with Gasteiger partial charge in [0.25, 0.3) is 6.43 Å². The first-order valence-corrected chi connectivity index (χ1v) is 14.7. The number of hydrogen-bond acceptors (Lipinski definition) is 7. The van der Waals surface area contributed by atoms with Gasteiger partial charge in [0.2, 0.25) is 0 Å². The van der Waals surface area contributed by atoms with Gasteiger partial charge in [0, 0.05) is 6.42 Å². The second-order valence-electron chi connectivity index (χ2n) is 11.8. The number of rotatable bonds is 9. The van der Waals surface area contributed by atoms with Gasteiger partial charge in [-0.3, -0.25) is 0 Å². The van der Waals surface area contributed by atoms with Crippen molar-refractivity contribution in [3.8, 4) is 0 Å². The Balaban J connectivity index is 0.000000515. The van der Waals surface area contributed by atoms with E-state index < -0.39 is 36.3 Å². The number of aliphatic carboxylic acids is 1. The van der Waals surface area contributed by atoms with Crippen molar-refractivity contribution in [3.05, 3.63) is 59.5 Å². The summed E-state index contributed by atoms with van der Waals surface area (Å²) >= 11 is 0. The molecule has 3 atom stereocenters. The zero-order valence-electron chi connectivity index (χ0n) is 24.1. The molecule has 0 radical (unpaired) electrons. The van der Waals surface area contributed by atoms with Crippen LogP contribution in [0.25, 0.3) is 11.2 Å². The number of aromatic nitrogens is 3. The summed E-state index contributed by atoms with van der Waals surface area (Å²) in [5.41, 5.74) is 0.608. The number of carboxylic acids is 1. The van der Waals surface area contributed by atoms with Crippen LogP contribution in [0.4, 0.5) is 26.7 Å². The van der Waals surface area contributed by atoms with Crippen LogP contribution in [0.15, 0.2) is 42.5 Å². The largest absolute Gasteiger partial charge is 0.490 e. The highest BCUT2D eigenvalue weighted by Crippen LogP contribution is 2.54. The Morgan fingerprint density at radius 2 is 1.69 bits per heavy atom. The molecule has 1 aliphatic heterocycles. The topological polar surface area (TPSA) is 149 Å². The number of ether oxygens (including phenoxy) is 1. The Hall–Kier alpha value is -3.85. The molecule has 3 fully saturated rings. The molecule has 244 valence electrons. The first kappa shape index (κ1) is 32.5. The number of benzene rings is 1. The maximum atomic E-state index is 13.5. The van der Waals surface area contributed by atoms with Gasteiger partial charge in [0.1, 0.15) is 18.0 Å². The van der Waals surface area contributed by atoms with Crippen LogP contribution >= 0.6 is 0 Å². The highest BCUT2D eigenvalue weighted by molar-refractivity contribution is 5.73. The average molecular weight is 640 g/mol. The molecule has 3 aromatic rings. The molecule has 5 N–H and O–H groups in total. The minimum Gasteiger partial charge on any atom is -0.475 e. The summed E-state index contributed by atoms with van der Waals surface area (Å²) in [5, 5.41) is 23.8. The van der Waals surface area contributed by atoms with Gasteiger partial charge in [-0.15, -0.1) is 0 Å². The Morgan fingerprint density at radius 3 is 2.27 bits per heavy atom. The van der Waals surface area contributed by atoms with Crippen LogP contribution < -0.4 is 10.6 Å². The molecular formula is C30H34F5N5O5. The number of carboxylic acid groups (broad SMARTS) is 1. The van der Waals surface area contributed by atoms with Crippen molar-refractivity contribution in [2.75, 3.05) is 6.54 Å². The third-order valence-corrected chi connectivity index (χ3v) is 8.40. The Kier molecular flexibility index (Phi) is 9.58. The third kappa shape index (κ3) is 8.25. The van der Waals surface area contributed by atoms with E-state index in [1.165, 1.54) is 0 Å². The summed E-state index contributed by atoms with van der Waals surface area (Å²) in [6.45, 7) is 0.458. The van der Waals surface area contributed by atoms with Crippen molar-refractivity contribution in [1.82, 2.24) is 25.6 Å². The van der Waals surface area contributed by atoms with Gasteiger partial charge in [-0.05, 0) is 74.1 Å². The molecule has 1 amide bonds. The van der Waals surface area contributed by atoms with Crippen molar-refractivity contribution in [3.63, 3.8) is 0 Å².